The average molecular weight is 459 g/mol. The average Bonchev–Trinajstić information content (AvgIpc) is 2.77. The van der Waals surface area contributed by atoms with E-state index in [1.165, 1.54) is 18.1 Å². The predicted molar refractivity (Wildman–Crippen MR) is 124 cm³/mol. The largest absolute Gasteiger partial charge is 0.497 e. The molecule has 0 saturated carbocycles. The summed E-state index contributed by atoms with van der Waals surface area (Å²) in [7, 11) is 5.38. The van der Waals surface area contributed by atoms with E-state index in [-0.39, 0.29) is 23.3 Å². The minimum atomic E-state index is -2.05. The Labute approximate surface area is 191 Å². The highest BCUT2D eigenvalue weighted by Gasteiger charge is 2.42. The van der Waals surface area contributed by atoms with Gasteiger partial charge in [-0.3, -0.25) is 9.59 Å². The molecule has 0 spiro atoms. The Hall–Kier alpha value is -2.87. The van der Waals surface area contributed by atoms with Crippen LogP contribution in [0.5, 0.6) is 5.75 Å². The predicted octanol–water partition coefficient (Wildman–Crippen LogP) is 3.37. The summed E-state index contributed by atoms with van der Waals surface area (Å²) >= 11 is 6.11. The molecule has 1 aromatic heterocycles. The van der Waals surface area contributed by atoms with Crippen LogP contribution >= 0.6 is 11.6 Å². The number of aliphatic hydroxyl groups is 1. The number of carbonyl (C=O) groups excluding carboxylic acids is 1. The normalized spacial score (nSPS) is 13.2. The van der Waals surface area contributed by atoms with E-state index >= 15 is 0 Å². The second-order valence-electron chi connectivity index (χ2n) is 7.86. The maximum absolute atomic E-state index is 13.6. The van der Waals surface area contributed by atoms with Crippen molar-refractivity contribution in [2.45, 2.75) is 19.1 Å². The van der Waals surface area contributed by atoms with Crippen LogP contribution in [0.3, 0.4) is 0 Å². The summed E-state index contributed by atoms with van der Waals surface area (Å²) in [6.07, 6.45) is 1.15. The summed E-state index contributed by atoms with van der Waals surface area (Å²) in [6, 6.07) is 11.3. The summed E-state index contributed by atoms with van der Waals surface area (Å²) in [4.78, 5) is 29.0. The fourth-order valence-electron chi connectivity index (χ4n) is 3.81. The van der Waals surface area contributed by atoms with Gasteiger partial charge in [-0.25, -0.2) is 0 Å². The van der Waals surface area contributed by atoms with Gasteiger partial charge in [0.05, 0.1) is 18.1 Å². The molecule has 0 bridgehead atoms. The zero-order valence-corrected chi connectivity index (χ0v) is 19.3. The molecule has 0 aliphatic carbocycles. The third-order valence-electron chi connectivity index (χ3n) is 5.42. The number of hydrogen-bond donors (Lipinski definition) is 1. The molecule has 1 N–H and O–H groups in total. The van der Waals surface area contributed by atoms with E-state index in [0.29, 0.717) is 41.3 Å². The molecule has 7 nitrogen and oxygen atoms in total. The number of rotatable bonds is 9. The van der Waals surface area contributed by atoms with E-state index in [0.717, 1.165) is 0 Å². The number of hydrogen-bond acceptors (Lipinski definition) is 6. The van der Waals surface area contributed by atoms with Gasteiger partial charge in [-0.2, -0.15) is 0 Å². The third kappa shape index (κ3) is 4.50. The lowest BCUT2D eigenvalue weighted by molar-refractivity contribution is -0.140. The van der Waals surface area contributed by atoms with E-state index in [9.17, 15) is 14.7 Å². The molecule has 0 fully saturated rings. The van der Waals surface area contributed by atoms with Crippen LogP contribution in [0.2, 0.25) is 5.02 Å². The van der Waals surface area contributed by atoms with Crippen molar-refractivity contribution in [2.75, 3.05) is 34.3 Å². The van der Waals surface area contributed by atoms with Crippen LogP contribution in [0, 0.1) is 6.92 Å². The number of benzene rings is 2. The molecule has 3 aromatic rings. The van der Waals surface area contributed by atoms with Gasteiger partial charge in [-0.15, -0.1) is 0 Å². The quantitative estimate of drug-likeness (QED) is 0.391. The van der Waals surface area contributed by atoms with Crippen molar-refractivity contribution in [3.8, 4) is 5.75 Å². The zero-order chi connectivity index (χ0) is 23.5. The molecule has 1 heterocycles. The van der Waals surface area contributed by atoms with Crippen LogP contribution in [-0.4, -0.2) is 55.6 Å². The Morgan fingerprint density at radius 1 is 1.16 bits per heavy atom. The van der Waals surface area contributed by atoms with Crippen LogP contribution < -0.4 is 10.2 Å². The van der Waals surface area contributed by atoms with Gasteiger partial charge in [0.15, 0.2) is 0 Å². The Balaban J connectivity index is 2.26. The highest BCUT2D eigenvalue weighted by Crippen LogP contribution is 2.35. The van der Waals surface area contributed by atoms with Crippen molar-refractivity contribution in [3.05, 3.63) is 74.6 Å². The van der Waals surface area contributed by atoms with Gasteiger partial charge >= 0.3 is 0 Å². The third-order valence-corrected chi connectivity index (χ3v) is 5.65. The molecule has 0 radical (unpaired) electrons. The Bertz CT molecular complexity index is 1160. The van der Waals surface area contributed by atoms with Crippen LogP contribution in [0.1, 0.15) is 23.3 Å². The first-order valence-corrected chi connectivity index (χ1v) is 10.6. The molecule has 0 saturated heterocycles. The van der Waals surface area contributed by atoms with E-state index < -0.39 is 11.2 Å². The minimum Gasteiger partial charge on any atom is -0.497 e. The maximum Gasteiger partial charge on any atom is 0.212 e. The Kier molecular flexibility index (Phi) is 7.23. The molecular formula is C24H27ClN2O5. The second-order valence-corrected chi connectivity index (χ2v) is 8.30. The van der Waals surface area contributed by atoms with E-state index in [1.807, 2.05) is 19.0 Å². The number of aryl methyl sites for hydroxylation is 1. The summed E-state index contributed by atoms with van der Waals surface area (Å²) < 4.78 is 11.1. The van der Waals surface area contributed by atoms with E-state index in [4.69, 9.17) is 20.8 Å². The Morgan fingerprint density at radius 3 is 2.44 bits per heavy atom. The van der Waals surface area contributed by atoms with Gasteiger partial charge in [-0.1, -0.05) is 23.7 Å². The van der Waals surface area contributed by atoms with Crippen LogP contribution in [0.25, 0.3) is 11.0 Å². The van der Waals surface area contributed by atoms with Gasteiger partial charge in [0.1, 0.15) is 17.1 Å². The number of amides is 1. The number of fused-ring (bicyclic) bond motifs is 1. The fraction of sp³-hybridized carbons (Fsp3) is 0.333. The molecule has 0 aliphatic heterocycles. The molecule has 0 aliphatic rings. The Morgan fingerprint density at radius 2 is 1.84 bits per heavy atom. The van der Waals surface area contributed by atoms with Crippen molar-refractivity contribution >= 4 is 29.0 Å². The fourth-order valence-corrected chi connectivity index (χ4v) is 3.98. The molecule has 1 amide bonds. The highest BCUT2D eigenvalue weighted by molar-refractivity contribution is 6.31. The number of carbonyl (C=O) groups is 1. The maximum atomic E-state index is 13.6. The van der Waals surface area contributed by atoms with Gasteiger partial charge < -0.3 is 24.1 Å². The molecular weight excluding hydrogens is 432 g/mol. The van der Waals surface area contributed by atoms with E-state index in [2.05, 4.69) is 0 Å². The van der Waals surface area contributed by atoms with Crippen molar-refractivity contribution in [1.82, 2.24) is 9.80 Å². The van der Waals surface area contributed by atoms with Gasteiger partial charge in [0, 0.05) is 17.1 Å². The van der Waals surface area contributed by atoms with Crippen LogP contribution in [-0.2, 0) is 10.5 Å². The van der Waals surface area contributed by atoms with E-state index in [1.54, 1.807) is 43.3 Å². The monoisotopic (exact) mass is 458 g/mol. The van der Waals surface area contributed by atoms with Gasteiger partial charge in [0.25, 0.3) is 0 Å². The lowest BCUT2D eigenvalue weighted by Crippen LogP contribution is -2.50. The van der Waals surface area contributed by atoms with Crippen molar-refractivity contribution < 1.29 is 19.1 Å². The summed E-state index contributed by atoms with van der Waals surface area (Å²) in [6.45, 7) is 2.52. The molecule has 1 unspecified atom stereocenters. The standard InChI is InChI=1S/C24H27ClN2O5/c1-16-22(23(29)20-14-18(25)8-11-21(20)32-16)24(30,17-6-9-19(31-4)10-7-17)27(15-28)13-5-12-26(2)3/h6-11,14-15,30H,5,12-13H2,1-4H3. The lowest BCUT2D eigenvalue weighted by Gasteiger charge is -2.38. The lowest BCUT2D eigenvalue weighted by atomic mass is 9.90. The minimum absolute atomic E-state index is 0.0330. The zero-order valence-electron chi connectivity index (χ0n) is 18.6. The smallest absolute Gasteiger partial charge is 0.212 e. The number of halogens is 1. The molecule has 2 aromatic carbocycles. The number of methoxy groups -OCH3 is 1. The summed E-state index contributed by atoms with van der Waals surface area (Å²) in [5.74, 6) is 0.790. The molecule has 170 valence electrons. The molecule has 1 atom stereocenters. The first-order chi connectivity index (χ1) is 15.2. The number of nitrogens with zero attached hydrogens (tertiary/aromatic N) is 2. The van der Waals surface area contributed by atoms with Crippen LogP contribution in [0.15, 0.2) is 51.7 Å². The summed E-state index contributed by atoms with van der Waals surface area (Å²) in [5.41, 5.74) is -1.85. The topological polar surface area (TPSA) is 83.2 Å². The van der Waals surface area contributed by atoms with Crippen molar-refractivity contribution in [2.24, 2.45) is 0 Å². The SMILES string of the molecule is COc1ccc(C(O)(c2c(C)oc3ccc(Cl)cc3c2=O)N(C=O)CCCN(C)C)cc1. The van der Waals surface area contributed by atoms with Crippen LogP contribution in [0.4, 0.5) is 0 Å². The second kappa shape index (κ2) is 9.73. The highest BCUT2D eigenvalue weighted by atomic mass is 35.5. The molecule has 3 rings (SSSR count). The first kappa shape index (κ1) is 23.8. The first-order valence-electron chi connectivity index (χ1n) is 10.2. The molecule has 8 heteroatoms. The van der Waals surface area contributed by atoms with Crippen molar-refractivity contribution in [3.63, 3.8) is 0 Å². The van der Waals surface area contributed by atoms with Gasteiger partial charge in [-0.05, 0) is 64.3 Å². The number of ether oxygens (including phenoxy) is 1. The van der Waals surface area contributed by atoms with Gasteiger partial charge in [0.2, 0.25) is 17.6 Å². The van der Waals surface area contributed by atoms with Crippen molar-refractivity contribution in [1.29, 1.82) is 0 Å². The summed E-state index contributed by atoms with van der Waals surface area (Å²) in [5, 5.41) is 12.7. The molecule has 32 heavy (non-hydrogen) atoms.